The van der Waals surface area contributed by atoms with Crippen molar-refractivity contribution in [3.8, 4) is 11.5 Å². The van der Waals surface area contributed by atoms with Crippen LogP contribution in [0.2, 0.25) is 0 Å². The van der Waals surface area contributed by atoms with Crippen molar-refractivity contribution in [1.29, 1.82) is 0 Å². The minimum Gasteiger partial charge on any atom is -0.497 e. The van der Waals surface area contributed by atoms with Crippen molar-refractivity contribution in [2.45, 2.75) is 6.42 Å². The molecule has 0 heterocycles. The molecular formula is C19H24ClN3O4. The van der Waals surface area contributed by atoms with Gasteiger partial charge in [-0.05, 0) is 30.3 Å². The molecule has 146 valence electrons. The van der Waals surface area contributed by atoms with Gasteiger partial charge in [-0.1, -0.05) is 12.1 Å². The van der Waals surface area contributed by atoms with Crippen LogP contribution in [0.4, 0.5) is 5.69 Å². The molecule has 7 nitrogen and oxygen atoms in total. The third kappa shape index (κ3) is 6.16. The molecule has 2 rings (SSSR count). The summed E-state index contributed by atoms with van der Waals surface area (Å²) >= 11 is 0. The summed E-state index contributed by atoms with van der Waals surface area (Å²) < 4.78 is 10.5. The lowest BCUT2D eigenvalue weighted by atomic mass is 10.1. The second kappa shape index (κ2) is 11.1. The second-order valence-electron chi connectivity index (χ2n) is 5.49. The van der Waals surface area contributed by atoms with Gasteiger partial charge in [-0.15, -0.1) is 12.4 Å². The van der Waals surface area contributed by atoms with E-state index in [1.807, 2.05) is 0 Å². The lowest BCUT2D eigenvalue weighted by Gasteiger charge is -2.13. The number of methoxy groups -OCH3 is 2. The van der Waals surface area contributed by atoms with E-state index in [2.05, 4.69) is 10.6 Å². The number of ether oxygens (including phenoxy) is 2. The third-order valence-corrected chi connectivity index (χ3v) is 3.71. The van der Waals surface area contributed by atoms with Crippen molar-refractivity contribution in [3.63, 3.8) is 0 Å². The first kappa shape index (κ1) is 22.3. The van der Waals surface area contributed by atoms with Gasteiger partial charge in [-0.3, -0.25) is 9.59 Å². The van der Waals surface area contributed by atoms with Crippen molar-refractivity contribution in [2.75, 3.05) is 32.6 Å². The van der Waals surface area contributed by atoms with E-state index in [9.17, 15) is 9.59 Å². The smallest absolute Gasteiger partial charge is 0.253 e. The Morgan fingerprint density at radius 3 is 2.48 bits per heavy atom. The Morgan fingerprint density at radius 2 is 1.81 bits per heavy atom. The van der Waals surface area contributed by atoms with Crippen LogP contribution in [0.15, 0.2) is 42.5 Å². The van der Waals surface area contributed by atoms with Crippen molar-refractivity contribution in [3.05, 3.63) is 53.6 Å². The summed E-state index contributed by atoms with van der Waals surface area (Å²) in [5, 5.41) is 5.47. The molecule has 2 aromatic rings. The van der Waals surface area contributed by atoms with Gasteiger partial charge < -0.3 is 25.8 Å². The number of anilines is 1. The van der Waals surface area contributed by atoms with Gasteiger partial charge in [0.25, 0.3) is 5.91 Å². The van der Waals surface area contributed by atoms with E-state index in [1.165, 1.54) is 0 Å². The topological polar surface area (TPSA) is 103 Å². The third-order valence-electron chi connectivity index (χ3n) is 3.71. The number of carbonyl (C=O) groups is 2. The molecule has 0 fully saturated rings. The van der Waals surface area contributed by atoms with Crippen LogP contribution in [-0.2, 0) is 11.2 Å². The van der Waals surface area contributed by atoms with Crippen LogP contribution in [0.3, 0.4) is 0 Å². The maximum Gasteiger partial charge on any atom is 0.253 e. The first-order chi connectivity index (χ1) is 12.6. The van der Waals surface area contributed by atoms with Crippen LogP contribution in [0.5, 0.6) is 11.5 Å². The average Bonchev–Trinajstić information content (AvgIpc) is 2.66. The Bertz CT molecular complexity index is 783. The molecule has 0 saturated carbocycles. The first-order valence-corrected chi connectivity index (χ1v) is 8.17. The SMILES string of the molecule is COc1ccc(OC)c(CC(=O)Nc2ccccc2C(=O)NCCN)c1.Cl. The minimum atomic E-state index is -0.287. The molecule has 0 bridgehead atoms. The summed E-state index contributed by atoms with van der Waals surface area (Å²) in [5.74, 6) is 0.672. The molecule has 0 aliphatic rings. The number of carbonyl (C=O) groups excluding carboxylic acids is 2. The van der Waals surface area contributed by atoms with Crippen molar-refractivity contribution in [2.24, 2.45) is 5.73 Å². The molecule has 2 amide bonds. The standard InChI is InChI=1S/C19H23N3O4.ClH/c1-25-14-7-8-17(26-2)13(11-14)12-18(23)22-16-6-4-3-5-15(16)19(24)21-10-9-20;/h3-8,11H,9-10,12,20H2,1-2H3,(H,21,24)(H,22,23);1H. The number of para-hydroxylation sites is 1. The molecule has 0 atom stereocenters. The Morgan fingerprint density at radius 1 is 1.07 bits per heavy atom. The van der Waals surface area contributed by atoms with Gasteiger partial charge >= 0.3 is 0 Å². The number of benzene rings is 2. The van der Waals surface area contributed by atoms with Crippen LogP contribution in [0, 0.1) is 0 Å². The summed E-state index contributed by atoms with van der Waals surface area (Å²) in [6, 6.07) is 12.1. The van der Waals surface area contributed by atoms with Gasteiger partial charge in [-0.2, -0.15) is 0 Å². The maximum absolute atomic E-state index is 12.5. The fourth-order valence-electron chi connectivity index (χ4n) is 2.46. The number of halogens is 1. The van der Waals surface area contributed by atoms with Gasteiger partial charge in [0.2, 0.25) is 5.91 Å². The van der Waals surface area contributed by atoms with Crippen molar-refractivity contribution < 1.29 is 19.1 Å². The summed E-state index contributed by atoms with van der Waals surface area (Å²) in [7, 11) is 3.10. The molecule has 0 unspecified atom stereocenters. The van der Waals surface area contributed by atoms with E-state index in [-0.39, 0.29) is 30.6 Å². The Labute approximate surface area is 164 Å². The summed E-state index contributed by atoms with van der Waals surface area (Å²) in [6.45, 7) is 0.706. The first-order valence-electron chi connectivity index (χ1n) is 8.17. The lowest BCUT2D eigenvalue weighted by Crippen LogP contribution is -2.30. The number of amides is 2. The van der Waals surface area contributed by atoms with E-state index in [1.54, 1.807) is 56.7 Å². The van der Waals surface area contributed by atoms with E-state index in [0.29, 0.717) is 41.4 Å². The number of rotatable bonds is 8. The zero-order valence-electron chi connectivity index (χ0n) is 15.3. The van der Waals surface area contributed by atoms with E-state index in [4.69, 9.17) is 15.2 Å². The molecule has 0 aliphatic carbocycles. The number of nitrogens with two attached hydrogens (primary N) is 1. The van der Waals surface area contributed by atoms with Gasteiger partial charge in [0.15, 0.2) is 0 Å². The lowest BCUT2D eigenvalue weighted by molar-refractivity contribution is -0.115. The normalized spacial score (nSPS) is 9.74. The maximum atomic E-state index is 12.5. The Balaban J connectivity index is 0.00000364. The number of nitrogens with one attached hydrogen (secondary N) is 2. The van der Waals surface area contributed by atoms with E-state index in [0.717, 1.165) is 0 Å². The number of hydrogen-bond donors (Lipinski definition) is 3. The van der Waals surface area contributed by atoms with Crippen LogP contribution in [-0.4, -0.2) is 39.1 Å². The zero-order valence-corrected chi connectivity index (χ0v) is 16.1. The highest BCUT2D eigenvalue weighted by molar-refractivity contribution is 6.04. The second-order valence-corrected chi connectivity index (χ2v) is 5.49. The van der Waals surface area contributed by atoms with Crippen molar-refractivity contribution in [1.82, 2.24) is 5.32 Å². The number of hydrogen-bond acceptors (Lipinski definition) is 5. The summed E-state index contributed by atoms with van der Waals surface area (Å²) in [5.41, 5.74) is 6.91. The van der Waals surface area contributed by atoms with Gasteiger partial charge in [0.05, 0.1) is 31.9 Å². The van der Waals surface area contributed by atoms with Crippen LogP contribution in [0.1, 0.15) is 15.9 Å². The molecule has 0 radical (unpaired) electrons. The zero-order chi connectivity index (χ0) is 18.9. The molecular weight excluding hydrogens is 370 g/mol. The molecule has 8 heteroatoms. The Hall–Kier alpha value is -2.77. The highest BCUT2D eigenvalue weighted by atomic mass is 35.5. The van der Waals surface area contributed by atoms with Crippen LogP contribution >= 0.6 is 12.4 Å². The van der Waals surface area contributed by atoms with E-state index >= 15 is 0 Å². The van der Waals surface area contributed by atoms with Gasteiger partial charge in [0.1, 0.15) is 11.5 Å². The molecule has 0 saturated heterocycles. The minimum absolute atomic E-state index is 0. The molecule has 0 aliphatic heterocycles. The summed E-state index contributed by atoms with van der Waals surface area (Å²) in [6.07, 6.45) is 0.0825. The highest BCUT2D eigenvalue weighted by Crippen LogP contribution is 2.25. The molecule has 0 aromatic heterocycles. The molecule has 27 heavy (non-hydrogen) atoms. The predicted octanol–water partition coefficient (Wildman–Crippen LogP) is 2.00. The van der Waals surface area contributed by atoms with Crippen LogP contribution < -0.4 is 25.8 Å². The largest absolute Gasteiger partial charge is 0.497 e. The molecule has 2 aromatic carbocycles. The molecule has 4 N–H and O–H groups in total. The van der Waals surface area contributed by atoms with Crippen LogP contribution in [0.25, 0.3) is 0 Å². The fourth-order valence-corrected chi connectivity index (χ4v) is 2.46. The summed E-state index contributed by atoms with van der Waals surface area (Å²) in [4.78, 5) is 24.7. The highest BCUT2D eigenvalue weighted by Gasteiger charge is 2.15. The Kier molecular flexibility index (Phi) is 9.12. The van der Waals surface area contributed by atoms with Crippen molar-refractivity contribution >= 4 is 29.9 Å². The van der Waals surface area contributed by atoms with E-state index < -0.39 is 0 Å². The fraction of sp³-hybridized carbons (Fsp3) is 0.263. The quantitative estimate of drug-likeness (QED) is 0.636. The average molecular weight is 394 g/mol. The van der Waals surface area contributed by atoms with Gasteiger partial charge in [-0.25, -0.2) is 0 Å². The van der Waals surface area contributed by atoms with Gasteiger partial charge in [0, 0.05) is 18.7 Å². The monoisotopic (exact) mass is 393 g/mol. The molecule has 0 spiro atoms. The predicted molar refractivity (Wildman–Crippen MR) is 107 cm³/mol.